The lowest BCUT2D eigenvalue weighted by Gasteiger charge is -2.09. The summed E-state index contributed by atoms with van der Waals surface area (Å²) in [4.78, 5) is 8.86. The third-order valence-electron chi connectivity index (χ3n) is 0.859. The molecule has 1 rings (SSSR count). The third kappa shape index (κ3) is 1.66. The Labute approximate surface area is 52.4 Å². The Kier molecular flexibility index (Phi) is 1.81. The van der Waals surface area contributed by atoms with Gasteiger partial charge in [0.15, 0.2) is 0 Å². The summed E-state index contributed by atoms with van der Waals surface area (Å²) in [6, 6.07) is 0. The molecule has 1 aliphatic heterocycles. The highest BCUT2D eigenvalue weighted by Crippen LogP contribution is 2.46. The molecule has 46 valence electrons. The molecule has 0 aliphatic carbocycles. The van der Waals surface area contributed by atoms with Crippen molar-refractivity contribution in [2.24, 2.45) is 0 Å². The summed E-state index contributed by atoms with van der Waals surface area (Å²) in [5, 5.41) is 1.87. The lowest BCUT2D eigenvalue weighted by Crippen LogP contribution is -1.90. The van der Waals surface area contributed by atoms with Crippen molar-refractivity contribution < 1.29 is 9.46 Å². The second-order valence-electron chi connectivity index (χ2n) is 1.70. The first-order chi connectivity index (χ1) is 3.71. The fourth-order valence-electron chi connectivity index (χ4n) is 0.488. The molecule has 1 aliphatic rings. The SMILES string of the molecule is O=P1(O)CC=CSC1. The minimum absolute atomic E-state index is 0.361. The number of allylic oxidation sites excluding steroid dienone is 1. The fourth-order valence-corrected chi connectivity index (χ4v) is 3.00. The molecule has 0 saturated carbocycles. The summed E-state index contributed by atoms with van der Waals surface area (Å²) in [5.74, 6) is 0. The van der Waals surface area contributed by atoms with Crippen molar-refractivity contribution in [3.63, 3.8) is 0 Å². The molecular weight excluding hydrogens is 143 g/mol. The second kappa shape index (κ2) is 2.26. The molecule has 0 saturated heterocycles. The third-order valence-corrected chi connectivity index (χ3v) is 4.24. The fraction of sp³-hybridized carbons (Fsp3) is 0.500. The van der Waals surface area contributed by atoms with Gasteiger partial charge in [-0.25, -0.2) is 0 Å². The van der Waals surface area contributed by atoms with E-state index in [9.17, 15) is 4.57 Å². The number of thioether (sulfide) groups is 1. The molecule has 0 aromatic heterocycles. The Hall–Kier alpha value is 0.280. The lowest BCUT2D eigenvalue weighted by molar-refractivity contribution is 0.487. The lowest BCUT2D eigenvalue weighted by atomic mass is 10.8. The van der Waals surface area contributed by atoms with Crippen LogP contribution in [0.4, 0.5) is 0 Å². The van der Waals surface area contributed by atoms with Gasteiger partial charge in [-0.3, -0.25) is 4.57 Å². The molecule has 4 heteroatoms. The molecule has 0 amide bonds. The van der Waals surface area contributed by atoms with E-state index in [-0.39, 0.29) is 0 Å². The van der Waals surface area contributed by atoms with Crippen LogP contribution in [-0.4, -0.2) is 16.5 Å². The van der Waals surface area contributed by atoms with Crippen molar-refractivity contribution in [3.8, 4) is 0 Å². The van der Waals surface area contributed by atoms with E-state index in [2.05, 4.69) is 0 Å². The summed E-state index contributed by atoms with van der Waals surface area (Å²) < 4.78 is 10.7. The Balaban J connectivity index is 2.63. The molecule has 1 atom stereocenters. The predicted octanol–water partition coefficient (Wildman–Crippen LogP) is 1.47. The number of hydrogen-bond donors (Lipinski definition) is 1. The smallest absolute Gasteiger partial charge is 0.214 e. The first-order valence-electron chi connectivity index (χ1n) is 2.28. The molecule has 0 aromatic rings. The van der Waals surface area contributed by atoms with E-state index >= 15 is 0 Å². The molecular formula is C4H7O2PS. The maximum Gasteiger partial charge on any atom is 0.214 e. The van der Waals surface area contributed by atoms with Crippen LogP contribution in [0, 0.1) is 0 Å². The first-order valence-corrected chi connectivity index (χ1v) is 5.36. The van der Waals surface area contributed by atoms with Gasteiger partial charge in [-0.15, -0.1) is 11.8 Å². The first kappa shape index (κ1) is 6.40. The molecule has 0 fully saturated rings. The van der Waals surface area contributed by atoms with Crippen LogP contribution in [0.1, 0.15) is 0 Å². The van der Waals surface area contributed by atoms with Crippen LogP contribution in [0.2, 0.25) is 0 Å². The van der Waals surface area contributed by atoms with Crippen LogP contribution < -0.4 is 0 Å². The van der Waals surface area contributed by atoms with Crippen LogP contribution in [0.3, 0.4) is 0 Å². The Bertz CT molecular complexity index is 154. The molecule has 0 bridgehead atoms. The van der Waals surface area contributed by atoms with Gasteiger partial charge in [0, 0.05) is 6.16 Å². The van der Waals surface area contributed by atoms with Gasteiger partial charge in [0.25, 0.3) is 0 Å². The van der Waals surface area contributed by atoms with E-state index in [1.807, 2.05) is 5.41 Å². The molecule has 1 N–H and O–H groups in total. The van der Waals surface area contributed by atoms with Gasteiger partial charge >= 0.3 is 0 Å². The predicted molar refractivity (Wildman–Crippen MR) is 36.3 cm³/mol. The Morgan fingerprint density at radius 3 is 2.75 bits per heavy atom. The summed E-state index contributed by atoms with van der Waals surface area (Å²) in [6.45, 7) is 0. The second-order valence-corrected chi connectivity index (χ2v) is 5.39. The molecule has 0 aromatic carbocycles. The highest BCUT2D eigenvalue weighted by atomic mass is 32.2. The van der Waals surface area contributed by atoms with E-state index in [4.69, 9.17) is 4.89 Å². The van der Waals surface area contributed by atoms with Crippen molar-refractivity contribution in [3.05, 3.63) is 11.5 Å². The maximum atomic E-state index is 10.7. The molecule has 0 spiro atoms. The van der Waals surface area contributed by atoms with E-state index in [1.165, 1.54) is 11.8 Å². The standard InChI is InChI=1S/C4H7O2PS/c5-7(6)2-1-3-8-4-7/h1,3H,2,4H2,(H,5,6). The van der Waals surface area contributed by atoms with Gasteiger partial charge in [-0.05, 0) is 5.41 Å². The minimum Gasteiger partial charge on any atom is -0.343 e. The van der Waals surface area contributed by atoms with Crippen LogP contribution in [0.25, 0.3) is 0 Å². The summed E-state index contributed by atoms with van der Waals surface area (Å²) in [7, 11) is -2.71. The van der Waals surface area contributed by atoms with E-state index < -0.39 is 7.37 Å². The van der Waals surface area contributed by atoms with Crippen LogP contribution in [-0.2, 0) is 4.57 Å². The largest absolute Gasteiger partial charge is 0.343 e. The van der Waals surface area contributed by atoms with Crippen molar-refractivity contribution in [1.29, 1.82) is 0 Å². The van der Waals surface area contributed by atoms with E-state index in [0.29, 0.717) is 11.7 Å². The summed E-state index contributed by atoms with van der Waals surface area (Å²) in [5.41, 5.74) is 0.392. The van der Waals surface area contributed by atoms with Crippen molar-refractivity contribution in [2.45, 2.75) is 0 Å². The number of hydrogen-bond acceptors (Lipinski definition) is 2. The van der Waals surface area contributed by atoms with E-state index in [0.717, 1.165) is 0 Å². The van der Waals surface area contributed by atoms with Crippen LogP contribution >= 0.6 is 19.1 Å². The van der Waals surface area contributed by atoms with Gasteiger partial charge in [-0.1, -0.05) is 6.08 Å². The van der Waals surface area contributed by atoms with Crippen LogP contribution in [0.15, 0.2) is 11.5 Å². The Morgan fingerprint density at radius 1 is 1.75 bits per heavy atom. The zero-order valence-electron chi connectivity index (χ0n) is 4.28. The molecule has 2 nitrogen and oxygen atoms in total. The van der Waals surface area contributed by atoms with Crippen LogP contribution in [0.5, 0.6) is 0 Å². The molecule has 8 heavy (non-hydrogen) atoms. The van der Waals surface area contributed by atoms with Crippen molar-refractivity contribution >= 4 is 19.1 Å². The molecule has 0 radical (unpaired) electrons. The quantitative estimate of drug-likeness (QED) is 0.531. The highest BCUT2D eigenvalue weighted by molar-refractivity contribution is 8.07. The van der Waals surface area contributed by atoms with Crippen molar-refractivity contribution in [1.82, 2.24) is 0 Å². The summed E-state index contributed by atoms with van der Waals surface area (Å²) in [6.07, 6.45) is 2.11. The average Bonchev–Trinajstić information content (AvgIpc) is 1.65. The van der Waals surface area contributed by atoms with Crippen molar-refractivity contribution in [2.75, 3.05) is 11.7 Å². The Morgan fingerprint density at radius 2 is 2.50 bits per heavy atom. The van der Waals surface area contributed by atoms with Gasteiger partial charge < -0.3 is 4.89 Å². The highest BCUT2D eigenvalue weighted by Gasteiger charge is 2.17. The number of rotatable bonds is 0. The normalized spacial score (nSPS) is 37.6. The maximum absolute atomic E-state index is 10.7. The molecule has 1 heterocycles. The summed E-state index contributed by atoms with van der Waals surface area (Å²) >= 11 is 1.41. The van der Waals surface area contributed by atoms with Gasteiger partial charge in [0.1, 0.15) is 0 Å². The van der Waals surface area contributed by atoms with E-state index in [1.54, 1.807) is 6.08 Å². The van der Waals surface area contributed by atoms with Gasteiger partial charge in [0.2, 0.25) is 7.37 Å². The zero-order chi connectivity index (χ0) is 6.04. The zero-order valence-corrected chi connectivity index (χ0v) is 5.99. The molecule has 1 unspecified atom stereocenters. The monoisotopic (exact) mass is 150 g/mol. The topological polar surface area (TPSA) is 37.3 Å². The van der Waals surface area contributed by atoms with Gasteiger partial charge in [-0.2, -0.15) is 0 Å². The van der Waals surface area contributed by atoms with Gasteiger partial charge in [0.05, 0.1) is 5.49 Å². The minimum atomic E-state index is -2.71. The average molecular weight is 150 g/mol.